The standard InChI is InChI=1S/C16H17N3O4/c1-4-23-16(22)13-11-12(17-18-13)15(21)19(14(11)20)10-6-5-8(2)9(3)7-10/h5-7,12,17-18H,4H2,1-3H3. The second-order valence-corrected chi connectivity index (χ2v) is 5.46. The minimum Gasteiger partial charge on any atom is -0.461 e. The maximum absolute atomic E-state index is 12.7. The third-order valence-corrected chi connectivity index (χ3v) is 4.03. The Balaban J connectivity index is 2.02. The number of anilines is 1. The van der Waals surface area contributed by atoms with Gasteiger partial charge in [-0.05, 0) is 44.0 Å². The van der Waals surface area contributed by atoms with Gasteiger partial charge in [0.2, 0.25) is 0 Å². The SMILES string of the molecule is CCOC(=O)C1=C2C(=O)N(c3ccc(C)c(C)c3)C(=O)C2NN1. The number of nitrogens with one attached hydrogen (secondary N) is 2. The van der Waals surface area contributed by atoms with Crippen LogP contribution in [0.3, 0.4) is 0 Å². The van der Waals surface area contributed by atoms with Gasteiger partial charge in [-0.3, -0.25) is 9.59 Å². The number of esters is 1. The van der Waals surface area contributed by atoms with E-state index in [4.69, 9.17) is 4.74 Å². The first kappa shape index (κ1) is 15.2. The zero-order chi connectivity index (χ0) is 16.7. The lowest BCUT2D eigenvalue weighted by Crippen LogP contribution is -2.42. The number of benzene rings is 1. The van der Waals surface area contributed by atoms with Gasteiger partial charge in [0.1, 0.15) is 11.7 Å². The summed E-state index contributed by atoms with van der Waals surface area (Å²) >= 11 is 0. The molecule has 2 aliphatic rings. The first-order valence-electron chi connectivity index (χ1n) is 7.34. The molecule has 0 saturated carbocycles. The number of hydrogen-bond acceptors (Lipinski definition) is 6. The molecule has 120 valence electrons. The van der Waals surface area contributed by atoms with Crippen LogP contribution in [0.2, 0.25) is 0 Å². The monoisotopic (exact) mass is 315 g/mol. The fourth-order valence-electron chi connectivity index (χ4n) is 2.67. The van der Waals surface area contributed by atoms with E-state index in [0.717, 1.165) is 16.0 Å². The lowest BCUT2D eigenvalue weighted by atomic mass is 10.1. The summed E-state index contributed by atoms with van der Waals surface area (Å²) in [6.45, 7) is 5.72. The number of rotatable bonds is 3. The summed E-state index contributed by atoms with van der Waals surface area (Å²) in [5.74, 6) is -1.58. The highest BCUT2D eigenvalue weighted by atomic mass is 16.5. The molecule has 1 aromatic rings. The summed E-state index contributed by atoms with van der Waals surface area (Å²) < 4.78 is 4.91. The van der Waals surface area contributed by atoms with Gasteiger partial charge in [-0.25, -0.2) is 15.1 Å². The molecule has 0 radical (unpaired) electrons. The number of nitrogens with zero attached hydrogens (tertiary/aromatic N) is 1. The fraction of sp³-hybridized carbons (Fsp3) is 0.312. The predicted molar refractivity (Wildman–Crippen MR) is 82.1 cm³/mol. The number of ether oxygens (including phenoxy) is 1. The van der Waals surface area contributed by atoms with Gasteiger partial charge in [-0.1, -0.05) is 6.07 Å². The molecule has 7 nitrogen and oxygen atoms in total. The van der Waals surface area contributed by atoms with Gasteiger partial charge in [0.05, 0.1) is 17.9 Å². The number of amides is 2. The normalized spacial score (nSPS) is 20.0. The van der Waals surface area contributed by atoms with Crippen LogP contribution >= 0.6 is 0 Å². The van der Waals surface area contributed by atoms with E-state index in [1.165, 1.54) is 0 Å². The van der Waals surface area contributed by atoms with Crippen molar-refractivity contribution in [3.05, 3.63) is 40.6 Å². The van der Waals surface area contributed by atoms with Crippen molar-refractivity contribution in [1.29, 1.82) is 0 Å². The lowest BCUT2D eigenvalue weighted by Gasteiger charge is -2.17. The number of carbonyl (C=O) groups excluding carboxylic acids is 3. The van der Waals surface area contributed by atoms with Gasteiger partial charge in [0, 0.05) is 0 Å². The Kier molecular flexibility index (Phi) is 3.65. The number of aryl methyl sites for hydroxylation is 2. The Morgan fingerprint density at radius 1 is 1.26 bits per heavy atom. The van der Waals surface area contributed by atoms with E-state index in [9.17, 15) is 14.4 Å². The van der Waals surface area contributed by atoms with Crippen molar-refractivity contribution in [3.8, 4) is 0 Å². The third-order valence-electron chi connectivity index (χ3n) is 4.03. The van der Waals surface area contributed by atoms with Crippen molar-refractivity contribution in [3.63, 3.8) is 0 Å². The lowest BCUT2D eigenvalue weighted by molar-refractivity contribution is -0.139. The summed E-state index contributed by atoms with van der Waals surface area (Å²) in [5.41, 5.74) is 7.91. The van der Waals surface area contributed by atoms with Gasteiger partial charge in [-0.2, -0.15) is 0 Å². The quantitative estimate of drug-likeness (QED) is 0.623. The minimum absolute atomic E-state index is 0.00142. The van der Waals surface area contributed by atoms with Crippen LogP contribution in [0.4, 0.5) is 5.69 Å². The van der Waals surface area contributed by atoms with Crippen LogP contribution in [0, 0.1) is 13.8 Å². The van der Waals surface area contributed by atoms with Crippen molar-refractivity contribution in [2.24, 2.45) is 0 Å². The smallest absolute Gasteiger partial charge is 0.356 e. The highest BCUT2D eigenvalue weighted by Gasteiger charge is 2.50. The maximum Gasteiger partial charge on any atom is 0.356 e. The topological polar surface area (TPSA) is 87.7 Å². The van der Waals surface area contributed by atoms with E-state index in [1.54, 1.807) is 19.1 Å². The predicted octanol–water partition coefficient (Wildman–Crippen LogP) is 0.470. The summed E-state index contributed by atoms with van der Waals surface area (Å²) in [6, 6.07) is 4.48. The summed E-state index contributed by atoms with van der Waals surface area (Å²) in [5, 5.41) is 0. The molecule has 0 bridgehead atoms. The van der Waals surface area contributed by atoms with Crippen LogP contribution in [0.1, 0.15) is 18.1 Å². The molecule has 1 aromatic carbocycles. The molecule has 2 amide bonds. The van der Waals surface area contributed by atoms with E-state index in [0.29, 0.717) is 5.69 Å². The fourth-order valence-corrected chi connectivity index (χ4v) is 2.67. The number of hydrogen-bond donors (Lipinski definition) is 2. The first-order valence-corrected chi connectivity index (χ1v) is 7.34. The molecule has 2 heterocycles. The van der Waals surface area contributed by atoms with Crippen LogP contribution in [0.15, 0.2) is 29.5 Å². The Bertz CT molecular complexity index is 754. The first-order chi connectivity index (χ1) is 11.0. The summed E-state index contributed by atoms with van der Waals surface area (Å²) in [4.78, 5) is 38.2. The molecular weight excluding hydrogens is 298 g/mol. The highest BCUT2D eigenvalue weighted by Crippen LogP contribution is 2.31. The molecule has 0 aromatic heterocycles. The zero-order valence-electron chi connectivity index (χ0n) is 13.1. The molecule has 2 N–H and O–H groups in total. The van der Waals surface area contributed by atoms with Gasteiger partial charge in [0.15, 0.2) is 0 Å². The summed E-state index contributed by atoms with van der Waals surface area (Å²) in [6.07, 6.45) is 0. The van der Waals surface area contributed by atoms with Crippen molar-refractivity contribution in [1.82, 2.24) is 10.9 Å². The van der Waals surface area contributed by atoms with Crippen LogP contribution in [0.5, 0.6) is 0 Å². The molecule has 1 unspecified atom stereocenters. The molecule has 1 fully saturated rings. The van der Waals surface area contributed by atoms with E-state index in [-0.39, 0.29) is 17.9 Å². The van der Waals surface area contributed by atoms with Crippen molar-refractivity contribution in [2.75, 3.05) is 11.5 Å². The average Bonchev–Trinajstić information content (AvgIpc) is 3.04. The molecule has 3 rings (SSSR count). The van der Waals surface area contributed by atoms with Crippen LogP contribution in [-0.2, 0) is 19.1 Å². The molecule has 1 saturated heterocycles. The zero-order valence-corrected chi connectivity index (χ0v) is 13.1. The van der Waals surface area contributed by atoms with Gasteiger partial charge < -0.3 is 10.2 Å². The van der Waals surface area contributed by atoms with E-state index < -0.39 is 23.8 Å². The van der Waals surface area contributed by atoms with Crippen molar-refractivity contribution < 1.29 is 19.1 Å². The van der Waals surface area contributed by atoms with Crippen molar-refractivity contribution >= 4 is 23.5 Å². The number of fused-ring (bicyclic) bond motifs is 1. The van der Waals surface area contributed by atoms with Crippen LogP contribution in [-0.4, -0.2) is 30.4 Å². The van der Waals surface area contributed by atoms with E-state index in [1.807, 2.05) is 19.9 Å². The Labute approximate surface area is 133 Å². The molecule has 0 spiro atoms. The van der Waals surface area contributed by atoms with E-state index >= 15 is 0 Å². The van der Waals surface area contributed by atoms with Gasteiger partial charge >= 0.3 is 5.97 Å². The van der Waals surface area contributed by atoms with Crippen LogP contribution in [0.25, 0.3) is 0 Å². The second kappa shape index (κ2) is 5.51. The largest absolute Gasteiger partial charge is 0.461 e. The maximum atomic E-state index is 12.7. The summed E-state index contributed by atoms with van der Waals surface area (Å²) in [7, 11) is 0. The Morgan fingerprint density at radius 3 is 2.65 bits per heavy atom. The Hall–Kier alpha value is -2.67. The van der Waals surface area contributed by atoms with Crippen molar-refractivity contribution in [2.45, 2.75) is 26.8 Å². The molecule has 2 aliphatic heterocycles. The molecular formula is C16H17N3O4. The van der Waals surface area contributed by atoms with Gasteiger partial charge in [0.25, 0.3) is 11.8 Å². The number of imide groups is 1. The second-order valence-electron chi connectivity index (χ2n) is 5.46. The van der Waals surface area contributed by atoms with Gasteiger partial charge in [-0.15, -0.1) is 0 Å². The highest BCUT2D eigenvalue weighted by molar-refractivity contribution is 6.32. The Morgan fingerprint density at radius 2 is 2.00 bits per heavy atom. The van der Waals surface area contributed by atoms with Crippen LogP contribution < -0.4 is 15.8 Å². The molecule has 1 atom stereocenters. The average molecular weight is 315 g/mol. The third kappa shape index (κ3) is 2.29. The molecule has 0 aliphatic carbocycles. The van der Waals surface area contributed by atoms with E-state index in [2.05, 4.69) is 10.9 Å². The molecule has 7 heteroatoms. The molecule has 23 heavy (non-hydrogen) atoms. The number of carbonyl (C=O) groups is 3. The minimum atomic E-state index is -0.872. The number of hydrazine groups is 1.